The van der Waals surface area contributed by atoms with E-state index in [9.17, 15) is 0 Å². The second-order valence-electron chi connectivity index (χ2n) is 4.06. The van der Waals surface area contributed by atoms with Crippen LogP contribution in [0.1, 0.15) is 37.3 Å². The Kier molecular flexibility index (Phi) is 3.38. The Morgan fingerprint density at radius 3 is 3.20 bits per heavy atom. The summed E-state index contributed by atoms with van der Waals surface area (Å²) in [5, 5.41) is 4.04. The van der Waals surface area contributed by atoms with E-state index in [1.54, 1.807) is 0 Å². The van der Waals surface area contributed by atoms with Crippen LogP contribution in [0.15, 0.2) is 10.6 Å². The van der Waals surface area contributed by atoms with E-state index in [0.29, 0.717) is 12.6 Å². The zero-order chi connectivity index (χ0) is 10.7. The topological polar surface area (TPSA) is 55.3 Å². The minimum Gasteiger partial charge on any atom is -0.359 e. The molecule has 1 saturated heterocycles. The van der Waals surface area contributed by atoms with Crippen LogP contribution < -0.4 is 5.73 Å². The largest absolute Gasteiger partial charge is 0.359 e. The maximum atomic E-state index is 5.59. The lowest BCUT2D eigenvalue weighted by molar-refractivity contribution is 0.218. The molecular weight excluding hydrogens is 190 g/mol. The first kappa shape index (κ1) is 10.6. The normalized spacial score (nSPS) is 22.4. The molecule has 0 spiro atoms. The van der Waals surface area contributed by atoms with Crippen molar-refractivity contribution in [2.75, 3.05) is 19.6 Å². The van der Waals surface area contributed by atoms with Gasteiger partial charge in [-0.2, -0.15) is 0 Å². The summed E-state index contributed by atoms with van der Waals surface area (Å²) in [6.45, 7) is 4.88. The third-order valence-corrected chi connectivity index (χ3v) is 3.05. The van der Waals surface area contributed by atoms with Gasteiger partial charge in [0, 0.05) is 19.2 Å². The molecule has 0 amide bonds. The SMILES string of the molecule is CCc1cc([C@H]2CCCN2CCN)on1. The van der Waals surface area contributed by atoms with Gasteiger partial charge in [0.25, 0.3) is 0 Å². The van der Waals surface area contributed by atoms with Gasteiger partial charge in [-0.05, 0) is 25.8 Å². The quantitative estimate of drug-likeness (QED) is 0.813. The van der Waals surface area contributed by atoms with Crippen molar-refractivity contribution in [1.82, 2.24) is 10.1 Å². The monoisotopic (exact) mass is 209 g/mol. The Morgan fingerprint density at radius 2 is 2.53 bits per heavy atom. The Hall–Kier alpha value is -0.870. The standard InChI is InChI=1S/C11H19N3O/c1-2-9-8-11(15-13-9)10-4-3-6-14(10)7-5-12/h8,10H,2-7,12H2,1H3/t10-/m1/s1. The number of hydrogen-bond donors (Lipinski definition) is 1. The van der Waals surface area contributed by atoms with Crippen molar-refractivity contribution >= 4 is 0 Å². The molecule has 15 heavy (non-hydrogen) atoms. The number of aryl methyl sites for hydroxylation is 1. The summed E-state index contributed by atoms with van der Waals surface area (Å²) in [5.41, 5.74) is 6.64. The molecule has 4 heteroatoms. The molecule has 0 aliphatic carbocycles. The molecule has 0 saturated carbocycles. The van der Waals surface area contributed by atoms with Gasteiger partial charge in [0.1, 0.15) is 0 Å². The summed E-state index contributed by atoms with van der Waals surface area (Å²) in [5.74, 6) is 1.01. The summed E-state index contributed by atoms with van der Waals surface area (Å²) in [6, 6.07) is 2.49. The highest BCUT2D eigenvalue weighted by molar-refractivity contribution is 5.10. The molecule has 4 nitrogen and oxygen atoms in total. The average molecular weight is 209 g/mol. The number of hydrogen-bond acceptors (Lipinski definition) is 4. The molecule has 1 aromatic rings. The lowest BCUT2D eigenvalue weighted by Gasteiger charge is -2.20. The van der Waals surface area contributed by atoms with E-state index in [1.807, 2.05) is 0 Å². The van der Waals surface area contributed by atoms with Crippen LogP contribution >= 0.6 is 0 Å². The number of rotatable bonds is 4. The van der Waals surface area contributed by atoms with Gasteiger partial charge in [-0.1, -0.05) is 12.1 Å². The summed E-state index contributed by atoms with van der Waals surface area (Å²) >= 11 is 0. The molecule has 84 valence electrons. The van der Waals surface area contributed by atoms with Gasteiger partial charge in [-0.25, -0.2) is 0 Å². The molecule has 0 radical (unpaired) electrons. The summed E-state index contributed by atoms with van der Waals surface area (Å²) < 4.78 is 5.38. The van der Waals surface area contributed by atoms with E-state index in [4.69, 9.17) is 10.3 Å². The van der Waals surface area contributed by atoms with Crippen molar-refractivity contribution < 1.29 is 4.52 Å². The zero-order valence-corrected chi connectivity index (χ0v) is 9.28. The fraction of sp³-hybridized carbons (Fsp3) is 0.727. The molecule has 1 atom stereocenters. The second-order valence-corrected chi connectivity index (χ2v) is 4.06. The highest BCUT2D eigenvalue weighted by Crippen LogP contribution is 2.31. The van der Waals surface area contributed by atoms with Crippen molar-refractivity contribution in [3.63, 3.8) is 0 Å². The summed E-state index contributed by atoms with van der Waals surface area (Å²) in [6.07, 6.45) is 3.33. The molecule has 2 rings (SSSR count). The fourth-order valence-corrected chi connectivity index (χ4v) is 2.23. The molecule has 2 N–H and O–H groups in total. The van der Waals surface area contributed by atoms with E-state index < -0.39 is 0 Å². The van der Waals surface area contributed by atoms with Crippen molar-refractivity contribution in [1.29, 1.82) is 0 Å². The molecule has 2 heterocycles. The van der Waals surface area contributed by atoms with Crippen LogP contribution in [0, 0.1) is 0 Å². The number of likely N-dealkylation sites (tertiary alicyclic amines) is 1. The van der Waals surface area contributed by atoms with Gasteiger partial charge in [-0.15, -0.1) is 0 Å². The molecular formula is C11H19N3O. The van der Waals surface area contributed by atoms with Crippen LogP contribution in [0.4, 0.5) is 0 Å². The van der Waals surface area contributed by atoms with Crippen molar-refractivity contribution in [2.24, 2.45) is 5.73 Å². The molecule has 0 bridgehead atoms. The van der Waals surface area contributed by atoms with Crippen LogP contribution in [-0.4, -0.2) is 29.7 Å². The Bertz CT molecular complexity index is 311. The van der Waals surface area contributed by atoms with Crippen molar-refractivity contribution in [3.05, 3.63) is 17.5 Å². The number of aromatic nitrogens is 1. The first-order valence-electron chi connectivity index (χ1n) is 5.74. The molecule has 0 aromatic carbocycles. The first-order valence-corrected chi connectivity index (χ1v) is 5.74. The highest BCUT2D eigenvalue weighted by atomic mass is 16.5. The Balaban J connectivity index is 2.08. The zero-order valence-electron chi connectivity index (χ0n) is 9.28. The number of nitrogens with two attached hydrogens (primary N) is 1. The predicted molar refractivity (Wildman–Crippen MR) is 58.5 cm³/mol. The van der Waals surface area contributed by atoms with E-state index >= 15 is 0 Å². The molecule has 0 unspecified atom stereocenters. The van der Waals surface area contributed by atoms with Crippen LogP contribution in [0.3, 0.4) is 0 Å². The van der Waals surface area contributed by atoms with Gasteiger partial charge in [0.05, 0.1) is 11.7 Å². The van der Waals surface area contributed by atoms with Gasteiger partial charge in [-0.3, -0.25) is 4.90 Å². The molecule has 1 aliphatic heterocycles. The van der Waals surface area contributed by atoms with Gasteiger partial charge in [0.15, 0.2) is 5.76 Å². The van der Waals surface area contributed by atoms with E-state index in [2.05, 4.69) is 23.0 Å². The molecule has 1 aromatic heterocycles. The van der Waals surface area contributed by atoms with E-state index in [-0.39, 0.29) is 0 Å². The molecule has 1 fully saturated rings. The third-order valence-electron chi connectivity index (χ3n) is 3.05. The van der Waals surface area contributed by atoms with Crippen LogP contribution in [0.5, 0.6) is 0 Å². The van der Waals surface area contributed by atoms with Crippen LogP contribution in [0.2, 0.25) is 0 Å². The lowest BCUT2D eigenvalue weighted by atomic mass is 10.1. The van der Waals surface area contributed by atoms with Crippen molar-refractivity contribution in [2.45, 2.75) is 32.2 Å². The summed E-state index contributed by atoms with van der Waals surface area (Å²) in [4.78, 5) is 2.39. The Labute approximate surface area is 90.4 Å². The van der Waals surface area contributed by atoms with Gasteiger partial charge >= 0.3 is 0 Å². The highest BCUT2D eigenvalue weighted by Gasteiger charge is 2.28. The predicted octanol–water partition coefficient (Wildman–Crippen LogP) is 1.33. The van der Waals surface area contributed by atoms with Crippen molar-refractivity contribution in [3.8, 4) is 0 Å². The van der Waals surface area contributed by atoms with Gasteiger partial charge in [0.2, 0.25) is 0 Å². The maximum Gasteiger partial charge on any atom is 0.154 e. The third kappa shape index (κ3) is 2.21. The minimum absolute atomic E-state index is 0.404. The minimum atomic E-state index is 0.404. The number of nitrogens with zero attached hydrogens (tertiary/aromatic N) is 2. The second kappa shape index (κ2) is 4.77. The van der Waals surface area contributed by atoms with Crippen LogP contribution in [0.25, 0.3) is 0 Å². The molecule has 1 aliphatic rings. The van der Waals surface area contributed by atoms with Crippen LogP contribution in [-0.2, 0) is 6.42 Å². The van der Waals surface area contributed by atoms with E-state index in [0.717, 1.165) is 31.0 Å². The first-order chi connectivity index (χ1) is 7.35. The van der Waals surface area contributed by atoms with Gasteiger partial charge < -0.3 is 10.3 Å². The fourth-order valence-electron chi connectivity index (χ4n) is 2.23. The smallest absolute Gasteiger partial charge is 0.154 e. The average Bonchev–Trinajstić information content (AvgIpc) is 2.85. The summed E-state index contributed by atoms with van der Waals surface area (Å²) in [7, 11) is 0. The van der Waals surface area contributed by atoms with E-state index in [1.165, 1.54) is 12.8 Å². The lowest BCUT2D eigenvalue weighted by Crippen LogP contribution is -2.28. The Morgan fingerprint density at radius 1 is 1.67 bits per heavy atom. The maximum absolute atomic E-state index is 5.59.